The molecular weight excluding hydrogens is 308 g/mol. The summed E-state index contributed by atoms with van der Waals surface area (Å²) in [6.45, 7) is 0. The molecule has 2 aliphatic rings. The van der Waals surface area contributed by atoms with Crippen LogP contribution in [-0.2, 0) is 19.1 Å². The van der Waals surface area contributed by atoms with Crippen LogP contribution in [0, 0.1) is 16.0 Å². The van der Waals surface area contributed by atoms with Crippen LogP contribution in [0.3, 0.4) is 0 Å². The summed E-state index contributed by atoms with van der Waals surface area (Å²) in [6.07, 6.45) is 0. The number of hydrogen-bond donors (Lipinski definition) is 1. The summed E-state index contributed by atoms with van der Waals surface area (Å²) in [6, 6.07) is 4.31. The number of benzene rings is 1. The van der Waals surface area contributed by atoms with E-state index in [0.717, 1.165) is 7.11 Å². The van der Waals surface area contributed by atoms with Crippen molar-refractivity contribution in [3.63, 3.8) is 0 Å². The first-order chi connectivity index (χ1) is 11.0. The molecule has 1 aromatic carbocycles. The molecule has 0 aromatic heterocycles. The van der Waals surface area contributed by atoms with Crippen LogP contribution in [0.4, 0.5) is 11.4 Å². The summed E-state index contributed by atoms with van der Waals surface area (Å²) in [5.41, 5.74) is 1.66. The van der Waals surface area contributed by atoms with Crippen LogP contribution in [-0.4, -0.2) is 41.6 Å². The number of fused-ring (bicyclic) bond motifs is 1. The van der Waals surface area contributed by atoms with Gasteiger partial charge in [0.05, 0.1) is 12.0 Å². The van der Waals surface area contributed by atoms with E-state index in [1.807, 2.05) is 0 Å². The number of nitro groups is 1. The number of rotatable bonds is 3. The lowest BCUT2D eigenvalue weighted by Crippen LogP contribution is -2.36. The van der Waals surface area contributed by atoms with E-state index < -0.39 is 34.7 Å². The maximum absolute atomic E-state index is 12.6. The Morgan fingerprint density at radius 3 is 2.70 bits per heavy atom. The van der Waals surface area contributed by atoms with Gasteiger partial charge in [-0.2, -0.15) is 5.10 Å². The summed E-state index contributed by atoms with van der Waals surface area (Å²) in [4.78, 5) is 47.7. The highest BCUT2D eigenvalue weighted by Crippen LogP contribution is 2.35. The van der Waals surface area contributed by atoms with Gasteiger partial charge in [0.25, 0.3) is 11.6 Å². The minimum atomic E-state index is -1.16. The fourth-order valence-corrected chi connectivity index (χ4v) is 2.61. The van der Waals surface area contributed by atoms with Gasteiger partial charge < -0.3 is 4.74 Å². The van der Waals surface area contributed by atoms with E-state index in [4.69, 9.17) is 0 Å². The largest absolute Gasteiger partial charge is 0.464 e. The molecule has 10 nitrogen and oxygen atoms in total. The molecule has 23 heavy (non-hydrogen) atoms. The molecule has 10 heteroatoms. The SMILES string of the molecule is COC(=O)C1=NN[C@@H]2C(=O)N(c3ccccc3[N+](=O)[O-])C(=O)[C@H]12. The van der Waals surface area contributed by atoms with Gasteiger partial charge in [0, 0.05) is 6.07 Å². The number of methoxy groups -OCH3 is 1. The summed E-state index contributed by atoms with van der Waals surface area (Å²) < 4.78 is 4.53. The van der Waals surface area contributed by atoms with Crippen LogP contribution in [0.5, 0.6) is 0 Å². The second-order valence-corrected chi connectivity index (χ2v) is 4.83. The highest BCUT2D eigenvalue weighted by Gasteiger charge is 2.56. The zero-order valence-corrected chi connectivity index (χ0v) is 11.8. The van der Waals surface area contributed by atoms with Gasteiger partial charge in [-0.15, -0.1) is 0 Å². The number of carbonyl (C=O) groups excluding carboxylic acids is 3. The number of nitrogens with one attached hydrogen (secondary N) is 1. The Morgan fingerprint density at radius 2 is 2.04 bits per heavy atom. The number of anilines is 1. The van der Waals surface area contributed by atoms with E-state index in [0.29, 0.717) is 4.90 Å². The van der Waals surface area contributed by atoms with Crippen molar-refractivity contribution in [3.8, 4) is 0 Å². The molecule has 1 saturated heterocycles. The molecule has 0 saturated carbocycles. The number of ether oxygens (including phenoxy) is 1. The van der Waals surface area contributed by atoms with E-state index in [1.54, 1.807) is 0 Å². The molecule has 1 aromatic rings. The molecule has 2 atom stereocenters. The van der Waals surface area contributed by atoms with E-state index >= 15 is 0 Å². The first-order valence-corrected chi connectivity index (χ1v) is 6.50. The summed E-state index contributed by atoms with van der Waals surface area (Å²) in [5, 5.41) is 14.8. The highest BCUT2D eigenvalue weighted by atomic mass is 16.6. The van der Waals surface area contributed by atoms with Crippen LogP contribution < -0.4 is 10.3 Å². The van der Waals surface area contributed by atoms with E-state index in [2.05, 4.69) is 15.3 Å². The Balaban J connectivity index is 2.03. The van der Waals surface area contributed by atoms with Crippen molar-refractivity contribution in [2.24, 2.45) is 11.0 Å². The van der Waals surface area contributed by atoms with Crippen molar-refractivity contribution >= 4 is 34.9 Å². The van der Waals surface area contributed by atoms with Crippen molar-refractivity contribution in [2.45, 2.75) is 6.04 Å². The zero-order chi connectivity index (χ0) is 16.7. The number of imide groups is 1. The fraction of sp³-hybridized carbons (Fsp3) is 0.231. The highest BCUT2D eigenvalue weighted by molar-refractivity contribution is 6.46. The van der Waals surface area contributed by atoms with Gasteiger partial charge in [-0.3, -0.25) is 25.1 Å². The lowest BCUT2D eigenvalue weighted by Gasteiger charge is -2.15. The summed E-state index contributed by atoms with van der Waals surface area (Å²) in [7, 11) is 1.12. The number of carbonyl (C=O) groups is 3. The first kappa shape index (κ1) is 14.6. The lowest BCUT2D eigenvalue weighted by molar-refractivity contribution is -0.384. The normalized spacial score (nSPS) is 22.5. The predicted octanol–water partition coefficient (Wildman–Crippen LogP) is -0.415. The molecule has 0 spiro atoms. The second-order valence-electron chi connectivity index (χ2n) is 4.83. The Morgan fingerprint density at radius 1 is 1.35 bits per heavy atom. The smallest absolute Gasteiger partial charge is 0.355 e. The fourth-order valence-electron chi connectivity index (χ4n) is 2.61. The van der Waals surface area contributed by atoms with Crippen LogP contribution in [0.2, 0.25) is 0 Å². The van der Waals surface area contributed by atoms with Crippen molar-refractivity contribution in [1.29, 1.82) is 0 Å². The number of para-hydroxylation sites is 2. The lowest BCUT2D eigenvalue weighted by atomic mass is 9.99. The molecule has 2 aliphatic heterocycles. The third-order valence-corrected chi connectivity index (χ3v) is 3.64. The molecule has 0 bridgehead atoms. The molecule has 2 heterocycles. The third-order valence-electron chi connectivity index (χ3n) is 3.64. The average Bonchev–Trinajstić information content (AvgIpc) is 3.08. The Kier molecular flexibility index (Phi) is 3.28. The minimum Gasteiger partial charge on any atom is -0.464 e. The van der Waals surface area contributed by atoms with Gasteiger partial charge in [0.15, 0.2) is 5.71 Å². The molecular formula is C13H10N4O6. The van der Waals surface area contributed by atoms with Gasteiger partial charge in [-0.05, 0) is 6.07 Å². The van der Waals surface area contributed by atoms with Crippen LogP contribution in [0.25, 0.3) is 0 Å². The molecule has 0 unspecified atom stereocenters. The number of hydrazone groups is 1. The van der Waals surface area contributed by atoms with Crippen LogP contribution in [0.15, 0.2) is 29.4 Å². The number of nitro benzene ring substituents is 1. The van der Waals surface area contributed by atoms with E-state index in [1.165, 1.54) is 24.3 Å². The quantitative estimate of drug-likeness (QED) is 0.346. The predicted molar refractivity (Wildman–Crippen MR) is 75.5 cm³/mol. The standard InChI is InChI=1S/C13H10N4O6/c1-23-13(20)10-8-9(14-15-10)12(19)16(11(8)18)6-4-2-3-5-7(6)17(21)22/h2-5,8-9,14H,1H3/t8-,9-/m0/s1. The molecule has 1 fully saturated rings. The molecule has 0 radical (unpaired) electrons. The first-order valence-electron chi connectivity index (χ1n) is 6.50. The number of amides is 2. The zero-order valence-electron chi connectivity index (χ0n) is 11.8. The van der Waals surface area contributed by atoms with Gasteiger partial charge in [0.2, 0.25) is 5.91 Å². The van der Waals surface area contributed by atoms with Crippen LogP contribution in [0.1, 0.15) is 0 Å². The maximum Gasteiger partial charge on any atom is 0.355 e. The third kappa shape index (κ3) is 2.03. The molecule has 2 amide bonds. The van der Waals surface area contributed by atoms with Crippen LogP contribution >= 0.6 is 0 Å². The Labute approximate surface area is 128 Å². The average molecular weight is 318 g/mol. The summed E-state index contributed by atoms with van der Waals surface area (Å²) >= 11 is 0. The number of hydrogen-bond acceptors (Lipinski definition) is 8. The van der Waals surface area contributed by atoms with Gasteiger partial charge in [0.1, 0.15) is 17.6 Å². The van der Waals surface area contributed by atoms with Gasteiger partial charge in [-0.1, -0.05) is 12.1 Å². The molecule has 0 aliphatic carbocycles. The molecule has 118 valence electrons. The van der Waals surface area contributed by atoms with Crippen molar-refractivity contribution in [3.05, 3.63) is 34.4 Å². The topological polar surface area (TPSA) is 131 Å². The summed E-state index contributed by atoms with van der Waals surface area (Å²) in [5.74, 6) is -3.47. The Bertz CT molecular complexity index is 773. The van der Waals surface area contributed by atoms with Crippen molar-refractivity contribution in [1.82, 2.24) is 5.43 Å². The molecule has 3 rings (SSSR count). The minimum absolute atomic E-state index is 0.145. The van der Waals surface area contributed by atoms with E-state index in [-0.39, 0.29) is 17.1 Å². The van der Waals surface area contributed by atoms with Crippen molar-refractivity contribution in [2.75, 3.05) is 12.0 Å². The number of esters is 1. The van der Waals surface area contributed by atoms with Gasteiger partial charge in [-0.25, -0.2) is 9.69 Å². The maximum atomic E-state index is 12.6. The van der Waals surface area contributed by atoms with Crippen molar-refractivity contribution < 1.29 is 24.0 Å². The Hall–Kier alpha value is -3.30. The monoisotopic (exact) mass is 318 g/mol. The van der Waals surface area contributed by atoms with E-state index in [9.17, 15) is 24.5 Å². The van der Waals surface area contributed by atoms with Gasteiger partial charge >= 0.3 is 5.97 Å². The molecule has 1 N–H and O–H groups in total. The number of nitrogens with zero attached hydrogens (tertiary/aromatic N) is 3. The second kappa shape index (κ2) is 5.16.